The second kappa shape index (κ2) is 23.7. The molecule has 11 rings (SSSR count). The summed E-state index contributed by atoms with van der Waals surface area (Å²) < 4.78 is 91.9. The van der Waals surface area contributed by atoms with Crippen LogP contribution in [0, 0.1) is 23.7 Å². The first-order chi connectivity index (χ1) is 37.2. The number of carbonyl (C=O) groups is 1. The van der Waals surface area contributed by atoms with Crippen molar-refractivity contribution in [3.63, 3.8) is 0 Å². The van der Waals surface area contributed by atoms with Gasteiger partial charge in [-0.05, 0) is 63.7 Å². The Hall–Kier alpha value is -2.63. The van der Waals surface area contributed by atoms with E-state index in [0.29, 0.717) is 64.6 Å². The predicted octanol–water partition coefficient (Wildman–Crippen LogP) is 5.27. The molecular weight excluding hydrogens is 997 g/mol. The number of esters is 1. The molecule has 0 aliphatic carbocycles. The number of hydrogen-bond acceptors (Lipinski definition) is 18. The molecule has 11 aliphatic rings. The highest BCUT2D eigenvalue weighted by Gasteiger charge is 2.61. The molecule has 8 fully saturated rings. The first kappa shape index (κ1) is 56.2. The highest BCUT2D eigenvalue weighted by Crippen LogP contribution is 2.51. The fraction of sp³-hybridized carbons (Fsp3) is 0.814. The molecule has 1 spiro atoms. The van der Waals surface area contributed by atoms with Gasteiger partial charge in [0.2, 0.25) is 0 Å². The Bertz CT molecular complexity index is 2150. The number of aliphatic hydroxyl groups is 3. The van der Waals surface area contributed by atoms with E-state index < -0.39 is 96.7 Å². The summed E-state index contributed by atoms with van der Waals surface area (Å²) >= 11 is 0. The molecular formula is C59H86O18. The van der Waals surface area contributed by atoms with E-state index in [9.17, 15) is 20.1 Å². The number of hydrogen-bond donors (Lipinski definition) is 3. The van der Waals surface area contributed by atoms with Gasteiger partial charge >= 0.3 is 5.97 Å². The lowest BCUT2D eigenvalue weighted by Gasteiger charge is -2.53. The van der Waals surface area contributed by atoms with Crippen molar-refractivity contribution in [3.05, 3.63) is 61.4 Å². The van der Waals surface area contributed by atoms with E-state index in [1.54, 1.807) is 0 Å². The van der Waals surface area contributed by atoms with Gasteiger partial charge in [-0.3, -0.25) is 0 Å². The Morgan fingerprint density at radius 1 is 0.727 bits per heavy atom. The first-order valence-corrected chi connectivity index (χ1v) is 29.0. The summed E-state index contributed by atoms with van der Waals surface area (Å²) in [5.74, 6) is -1.29. The molecule has 0 aromatic carbocycles. The molecule has 0 saturated carbocycles. The molecule has 18 nitrogen and oxygen atoms in total. The number of methoxy groups -OCH3 is 1. The minimum absolute atomic E-state index is 0.0610. The maximum Gasteiger partial charge on any atom is 0.333 e. The highest BCUT2D eigenvalue weighted by molar-refractivity contribution is 5.81. The van der Waals surface area contributed by atoms with Crippen molar-refractivity contribution in [2.45, 2.75) is 251 Å². The highest BCUT2D eigenvalue weighted by atomic mass is 16.7. The van der Waals surface area contributed by atoms with Gasteiger partial charge < -0.3 is 81.6 Å². The zero-order chi connectivity index (χ0) is 53.8. The van der Waals surface area contributed by atoms with Gasteiger partial charge in [-0.1, -0.05) is 70.2 Å². The summed E-state index contributed by atoms with van der Waals surface area (Å²) in [7, 11) is 1.30. The lowest BCUT2D eigenvalue weighted by molar-refractivity contribution is -0.339. The molecule has 0 aromatic rings. The Morgan fingerprint density at radius 3 is 2.23 bits per heavy atom. The van der Waals surface area contributed by atoms with Crippen LogP contribution in [-0.4, -0.2) is 194 Å². The number of rotatable bonds is 10. The zero-order valence-electron chi connectivity index (χ0n) is 45.8. The van der Waals surface area contributed by atoms with E-state index >= 15 is 0 Å². The van der Waals surface area contributed by atoms with Crippen LogP contribution < -0.4 is 0 Å². The molecule has 430 valence electrons. The number of aliphatic hydroxyl groups excluding tert-OH is 3. The average molecular weight is 1080 g/mol. The van der Waals surface area contributed by atoms with Crippen LogP contribution >= 0.6 is 0 Å². The summed E-state index contributed by atoms with van der Waals surface area (Å²) in [4.78, 5) is 12.3. The number of carbonyl (C=O) groups excluding carboxylic acids is 1. The molecule has 18 heteroatoms. The molecule has 0 radical (unpaired) electrons. The smallest absolute Gasteiger partial charge is 0.333 e. The minimum atomic E-state index is -1.25. The normalized spacial score (nSPS) is 51.3. The van der Waals surface area contributed by atoms with Gasteiger partial charge in [0, 0.05) is 37.5 Å². The lowest BCUT2D eigenvalue weighted by Crippen LogP contribution is -2.63. The van der Waals surface area contributed by atoms with Gasteiger partial charge in [0.25, 0.3) is 0 Å². The first-order valence-electron chi connectivity index (χ1n) is 29.0. The lowest BCUT2D eigenvalue weighted by atomic mass is 9.76. The number of fused-ring (bicyclic) bond motifs is 8. The van der Waals surface area contributed by atoms with E-state index in [1.807, 2.05) is 50.3 Å². The second-order valence-corrected chi connectivity index (χ2v) is 24.2. The summed E-state index contributed by atoms with van der Waals surface area (Å²) in [6, 6.07) is 0. The van der Waals surface area contributed by atoms with Crippen molar-refractivity contribution in [2.24, 2.45) is 23.7 Å². The van der Waals surface area contributed by atoms with Gasteiger partial charge in [-0.2, -0.15) is 0 Å². The summed E-state index contributed by atoms with van der Waals surface area (Å²) in [6.45, 7) is 15.7. The van der Waals surface area contributed by atoms with Crippen molar-refractivity contribution in [1.29, 1.82) is 0 Å². The van der Waals surface area contributed by atoms with Crippen LogP contribution in [0.2, 0.25) is 0 Å². The van der Waals surface area contributed by atoms with E-state index in [4.69, 9.17) is 66.3 Å². The van der Waals surface area contributed by atoms with E-state index in [2.05, 4.69) is 33.4 Å². The summed E-state index contributed by atoms with van der Waals surface area (Å²) in [6.07, 6.45) is 12.4. The third-order valence-electron chi connectivity index (χ3n) is 19.3. The topological polar surface area (TPSA) is 207 Å². The Balaban J connectivity index is 0.752. The van der Waals surface area contributed by atoms with Crippen molar-refractivity contribution < 1.29 is 86.4 Å². The monoisotopic (exact) mass is 1080 g/mol. The van der Waals surface area contributed by atoms with Gasteiger partial charge in [0.15, 0.2) is 5.79 Å². The third kappa shape index (κ3) is 11.2. The SMILES string of the molecule is C=CC[C@H]1O[C@H]2C=C[C@H]3O[C@H]4[C@H](O)[C@H]5OCC=CC[C@@H]5O[C@@H]4C[C@@H]3O[C@@H]2C/C=C\[C@@H]1OCC[C@@H](O)[C@]1(C)O[C@@H]2C[C@H](C)C[C@@H]3O[C@@H]4[C@@H](C)[C@H](O)[C@@H]5O[C@]6(CCCO6)[C@@H](C)[C@H](C)[C@H]5O[C@H]4C[C@H]3O[C@H]2C[C@H]1O/C=C/C(=O)OC. The predicted molar refractivity (Wildman–Crippen MR) is 276 cm³/mol. The maximum absolute atomic E-state index is 12.3. The van der Waals surface area contributed by atoms with Crippen LogP contribution in [0.1, 0.15) is 105 Å². The second-order valence-electron chi connectivity index (χ2n) is 24.2. The Morgan fingerprint density at radius 2 is 1.44 bits per heavy atom. The third-order valence-corrected chi connectivity index (χ3v) is 19.3. The summed E-state index contributed by atoms with van der Waals surface area (Å²) in [5, 5.41) is 35.8. The van der Waals surface area contributed by atoms with Crippen LogP contribution in [0.5, 0.6) is 0 Å². The molecule has 0 unspecified atom stereocenters. The molecule has 0 amide bonds. The molecule has 11 aliphatic heterocycles. The van der Waals surface area contributed by atoms with Gasteiger partial charge in [-0.15, -0.1) is 6.58 Å². The van der Waals surface area contributed by atoms with Crippen molar-refractivity contribution in [3.8, 4) is 0 Å². The van der Waals surface area contributed by atoms with Gasteiger partial charge in [0.1, 0.15) is 54.4 Å². The van der Waals surface area contributed by atoms with E-state index in [-0.39, 0.29) is 91.6 Å². The van der Waals surface area contributed by atoms with Crippen LogP contribution in [0.4, 0.5) is 0 Å². The van der Waals surface area contributed by atoms with Crippen molar-refractivity contribution in [1.82, 2.24) is 0 Å². The molecule has 0 aromatic heterocycles. The van der Waals surface area contributed by atoms with Crippen LogP contribution in [0.3, 0.4) is 0 Å². The minimum Gasteiger partial charge on any atom is -0.495 e. The van der Waals surface area contributed by atoms with E-state index in [1.165, 1.54) is 19.4 Å². The van der Waals surface area contributed by atoms with Crippen molar-refractivity contribution in [2.75, 3.05) is 26.9 Å². The molecule has 28 atom stereocenters. The van der Waals surface area contributed by atoms with Gasteiger partial charge in [0.05, 0.1) is 125 Å². The molecule has 8 saturated heterocycles. The molecule has 11 heterocycles. The fourth-order valence-corrected chi connectivity index (χ4v) is 14.7. The Labute approximate surface area is 454 Å². The van der Waals surface area contributed by atoms with Crippen molar-refractivity contribution >= 4 is 5.97 Å². The fourth-order valence-electron chi connectivity index (χ4n) is 14.7. The molecule has 0 bridgehead atoms. The molecule has 3 N–H and O–H groups in total. The number of ether oxygens (including phenoxy) is 14. The van der Waals surface area contributed by atoms with Gasteiger partial charge in [-0.25, -0.2) is 4.79 Å². The van der Waals surface area contributed by atoms with Crippen LogP contribution in [0.25, 0.3) is 0 Å². The largest absolute Gasteiger partial charge is 0.495 e. The van der Waals surface area contributed by atoms with E-state index in [0.717, 1.165) is 12.8 Å². The zero-order valence-corrected chi connectivity index (χ0v) is 45.8. The summed E-state index contributed by atoms with van der Waals surface area (Å²) in [5.41, 5.74) is -1.25. The van der Waals surface area contributed by atoms with Crippen LogP contribution in [0.15, 0.2) is 61.4 Å². The Kier molecular flexibility index (Phi) is 17.3. The van der Waals surface area contributed by atoms with Crippen LogP contribution in [-0.2, 0) is 71.1 Å². The maximum atomic E-state index is 12.3. The molecule has 77 heavy (non-hydrogen) atoms. The quantitative estimate of drug-likeness (QED) is 0.110. The standard InChI is InChI=1S/C59H86O18/c1-8-13-36-35(15-11-16-37-38(69-36)17-18-39-42(70-37)28-47-56(73-39)52(63)55-40(71-47)14-9-10-22-67-55)65-24-19-48(60)58(6)49(66-25-20-50(61)64-7)30-44-45(76-58)27-31(2)26-41-43(72-44)29-46-53(74-41)33(4)51(62)57-54(75-46)32(3)34(5)59(77-57)21-12-23-68-59/h8-11,15,17-18,20,25,31-49,51-57,60,62-63H,1,12-14,16,19,21-24,26-30H2,2-7H3/b15-11-,25-20+/t31-,32+,33+,34+,35+,36-,37-,38+,39-,40+,41+,42+,43-,44+,45-,46+,47-,48-,49-,51+,52-,53-,54-,55+,56-,57+,58+,59-/m1/s1. The average Bonchev–Trinajstić information content (AvgIpc) is 3.78.